The van der Waals surface area contributed by atoms with Gasteiger partial charge in [0.05, 0.1) is 11.4 Å². The van der Waals surface area contributed by atoms with Crippen LogP contribution in [0.2, 0.25) is 0 Å². The lowest BCUT2D eigenvalue weighted by molar-refractivity contribution is 0.0635. The number of ether oxygens (including phenoxy) is 1. The van der Waals surface area contributed by atoms with Crippen molar-refractivity contribution in [1.82, 2.24) is 4.98 Å². The van der Waals surface area contributed by atoms with Gasteiger partial charge in [-0.3, -0.25) is 5.32 Å². The van der Waals surface area contributed by atoms with Crippen LogP contribution in [0.15, 0.2) is 23.6 Å². The summed E-state index contributed by atoms with van der Waals surface area (Å²) in [5, 5.41) is 14.7. The average Bonchev–Trinajstić information content (AvgIpc) is 2.76. The maximum Gasteiger partial charge on any atom is 0.412 e. The van der Waals surface area contributed by atoms with Crippen molar-refractivity contribution in [3.8, 4) is 17.0 Å². The first-order chi connectivity index (χ1) is 9.74. The summed E-state index contributed by atoms with van der Waals surface area (Å²) in [6.45, 7) is 5.30. The molecule has 4 N–H and O–H groups in total. The van der Waals surface area contributed by atoms with E-state index in [-0.39, 0.29) is 11.4 Å². The van der Waals surface area contributed by atoms with Gasteiger partial charge in [-0.1, -0.05) is 6.07 Å². The number of nitrogens with zero attached hydrogens (tertiary/aromatic N) is 1. The number of phenolic OH excluding ortho intramolecular Hbond substituents is 1. The Kier molecular flexibility index (Phi) is 4.04. The average molecular weight is 307 g/mol. The Labute approximate surface area is 126 Å². The second kappa shape index (κ2) is 5.61. The molecule has 0 aliphatic heterocycles. The molecule has 112 valence electrons. The first-order valence-electron chi connectivity index (χ1n) is 6.29. The molecule has 0 saturated carbocycles. The predicted octanol–water partition coefficient (Wildman–Crippen LogP) is 3.44. The summed E-state index contributed by atoms with van der Waals surface area (Å²) in [5.74, 6) is -0.0649. The van der Waals surface area contributed by atoms with E-state index in [0.717, 1.165) is 5.56 Å². The van der Waals surface area contributed by atoms with Crippen LogP contribution in [0.4, 0.5) is 15.6 Å². The molecule has 0 saturated heterocycles. The molecule has 0 atom stereocenters. The van der Waals surface area contributed by atoms with E-state index in [1.807, 2.05) is 0 Å². The molecule has 1 aromatic carbocycles. The van der Waals surface area contributed by atoms with E-state index in [4.69, 9.17) is 10.5 Å². The number of amides is 1. The number of rotatable bonds is 2. The lowest BCUT2D eigenvalue weighted by Crippen LogP contribution is -2.27. The van der Waals surface area contributed by atoms with Crippen molar-refractivity contribution in [3.63, 3.8) is 0 Å². The molecule has 6 nitrogen and oxygen atoms in total. The SMILES string of the molecule is CC(C)(C)OC(=O)Nc1ccc(-c2csc(N)n2)cc1O. The molecule has 0 aliphatic carbocycles. The number of nitrogens with two attached hydrogens (primary N) is 1. The van der Waals surface area contributed by atoms with E-state index in [1.165, 1.54) is 17.4 Å². The van der Waals surface area contributed by atoms with E-state index in [9.17, 15) is 9.90 Å². The van der Waals surface area contributed by atoms with Gasteiger partial charge in [0, 0.05) is 10.9 Å². The monoisotopic (exact) mass is 307 g/mol. The summed E-state index contributed by atoms with van der Waals surface area (Å²) < 4.78 is 5.13. The molecule has 7 heteroatoms. The normalized spacial score (nSPS) is 11.2. The number of carbonyl (C=O) groups excluding carboxylic acids is 1. The summed E-state index contributed by atoms with van der Waals surface area (Å²) in [6, 6.07) is 4.84. The zero-order valence-corrected chi connectivity index (χ0v) is 12.8. The van der Waals surface area contributed by atoms with E-state index in [0.29, 0.717) is 10.8 Å². The zero-order valence-electron chi connectivity index (χ0n) is 12.0. The van der Waals surface area contributed by atoms with Crippen molar-refractivity contribution in [2.75, 3.05) is 11.1 Å². The fourth-order valence-corrected chi connectivity index (χ4v) is 2.20. The summed E-state index contributed by atoms with van der Waals surface area (Å²) in [4.78, 5) is 15.8. The summed E-state index contributed by atoms with van der Waals surface area (Å²) >= 11 is 1.32. The molecular formula is C14H17N3O3S. The Morgan fingerprint density at radius 2 is 2.14 bits per heavy atom. The van der Waals surface area contributed by atoms with Gasteiger partial charge >= 0.3 is 6.09 Å². The smallest absolute Gasteiger partial charge is 0.412 e. The number of hydrogen-bond donors (Lipinski definition) is 3. The minimum atomic E-state index is -0.622. The Hall–Kier alpha value is -2.28. The maximum atomic E-state index is 11.7. The Bertz CT molecular complexity index is 662. The first kappa shape index (κ1) is 15.1. The van der Waals surface area contributed by atoms with Crippen molar-refractivity contribution in [2.45, 2.75) is 26.4 Å². The van der Waals surface area contributed by atoms with Crippen LogP contribution < -0.4 is 11.1 Å². The summed E-state index contributed by atoms with van der Waals surface area (Å²) in [6.07, 6.45) is -0.622. The number of benzene rings is 1. The molecule has 0 fully saturated rings. The van der Waals surface area contributed by atoms with E-state index < -0.39 is 11.7 Å². The number of aromatic nitrogens is 1. The van der Waals surface area contributed by atoms with E-state index >= 15 is 0 Å². The van der Waals surface area contributed by atoms with Gasteiger partial charge in [-0.05, 0) is 32.9 Å². The third kappa shape index (κ3) is 4.09. The lowest BCUT2D eigenvalue weighted by atomic mass is 10.1. The van der Waals surface area contributed by atoms with Gasteiger partial charge in [0.1, 0.15) is 11.4 Å². The molecule has 0 unspecified atom stereocenters. The highest BCUT2D eigenvalue weighted by Crippen LogP contribution is 2.31. The fraction of sp³-hybridized carbons (Fsp3) is 0.286. The number of carbonyl (C=O) groups is 1. The summed E-state index contributed by atoms with van der Waals surface area (Å²) in [5.41, 5.74) is 6.65. The minimum absolute atomic E-state index is 0.0649. The van der Waals surface area contributed by atoms with Crippen LogP contribution in [-0.4, -0.2) is 21.8 Å². The van der Waals surface area contributed by atoms with Crippen LogP contribution in [-0.2, 0) is 4.74 Å². The van der Waals surface area contributed by atoms with Gasteiger partial charge in [0.15, 0.2) is 5.13 Å². The molecule has 1 heterocycles. The topological polar surface area (TPSA) is 97.5 Å². The number of anilines is 2. The third-order valence-corrected chi connectivity index (χ3v) is 3.12. The highest BCUT2D eigenvalue weighted by molar-refractivity contribution is 7.13. The predicted molar refractivity (Wildman–Crippen MR) is 83.5 cm³/mol. The van der Waals surface area contributed by atoms with Crippen LogP contribution in [0, 0.1) is 0 Å². The van der Waals surface area contributed by atoms with Crippen LogP contribution in [0.5, 0.6) is 5.75 Å². The number of thiazole rings is 1. The number of hydrogen-bond acceptors (Lipinski definition) is 6. The van der Waals surface area contributed by atoms with Crippen molar-refractivity contribution >= 4 is 28.2 Å². The second-order valence-corrected chi connectivity index (χ2v) is 6.32. The lowest BCUT2D eigenvalue weighted by Gasteiger charge is -2.20. The van der Waals surface area contributed by atoms with Crippen molar-refractivity contribution < 1.29 is 14.6 Å². The molecule has 2 rings (SSSR count). The Morgan fingerprint density at radius 3 is 2.67 bits per heavy atom. The highest BCUT2D eigenvalue weighted by atomic mass is 32.1. The van der Waals surface area contributed by atoms with Gasteiger partial charge in [0.2, 0.25) is 0 Å². The molecule has 1 amide bonds. The molecule has 2 aromatic rings. The van der Waals surface area contributed by atoms with E-state index in [2.05, 4.69) is 10.3 Å². The second-order valence-electron chi connectivity index (χ2n) is 5.43. The highest BCUT2D eigenvalue weighted by Gasteiger charge is 2.17. The molecule has 1 aromatic heterocycles. The van der Waals surface area contributed by atoms with Crippen LogP contribution >= 0.6 is 11.3 Å². The molecule has 0 spiro atoms. The quantitative estimate of drug-likeness (QED) is 0.738. The van der Waals surface area contributed by atoms with Gasteiger partial charge in [-0.25, -0.2) is 9.78 Å². The standard InChI is InChI=1S/C14H17N3O3S/c1-14(2,3)20-13(19)17-9-5-4-8(6-11(9)18)10-7-21-12(15)16-10/h4-7,18H,1-3H3,(H2,15,16)(H,17,19). The Balaban J connectivity index is 2.15. The van der Waals surface area contributed by atoms with Gasteiger partial charge in [-0.15, -0.1) is 11.3 Å². The molecule has 0 radical (unpaired) electrons. The van der Waals surface area contributed by atoms with Gasteiger partial charge in [-0.2, -0.15) is 0 Å². The molecule has 0 bridgehead atoms. The zero-order chi connectivity index (χ0) is 15.6. The fourth-order valence-electron chi connectivity index (χ4n) is 1.63. The third-order valence-electron chi connectivity index (χ3n) is 2.45. The minimum Gasteiger partial charge on any atom is -0.506 e. The maximum absolute atomic E-state index is 11.7. The van der Waals surface area contributed by atoms with Crippen LogP contribution in [0.25, 0.3) is 11.3 Å². The van der Waals surface area contributed by atoms with Crippen LogP contribution in [0.1, 0.15) is 20.8 Å². The number of nitrogens with one attached hydrogen (secondary N) is 1. The van der Waals surface area contributed by atoms with E-state index in [1.54, 1.807) is 38.3 Å². The Morgan fingerprint density at radius 1 is 1.43 bits per heavy atom. The number of phenols is 1. The molecule has 0 aliphatic rings. The van der Waals surface area contributed by atoms with Gasteiger partial charge in [0.25, 0.3) is 0 Å². The molecular weight excluding hydrogens is 290 g/mol. The first-order valence-corrected chi connectivity index (χ1v) is 7.17. The molecule has 21 heavy (non-hydrogen) atoms. The van der Waals surface area contributed by atoms with Crippen molar-refractivity contribution in [1.29, 1.82) is 0 Å². The van der Waals surface area contributed by atoms with Crippen LogP contribution in [0.3, 0.4) is 0 Å². The van der Waals surface area contributed by atoms with Crippen molar-refractivity contribution in [3.05, 3.63) is 23.6 Å². The number of aromatic hydroxyl groups is 1. The summed E-state index contributed by atoms with van der Waals surface area (Å²) in [7, 11) is 0. The number of nitrogen functional groups attached to an aromatic ring is 1. The van der Waals surface area contributed by atoms with Gasteiger partial charge < -0.3 is 15.6 Å². The van der Waals surface area contributed by atoms with Crippen molar-refractivity contribution in [2.24, 2.45) is 0 Å². The largest absolute Gasteiger partial charge is 0.506 e.